The van der Waals surface area contributed by atoms with E-state index in [1.807, 2.05) is 33.8 Å². The summed E-state index contributed by atoms with van der Waals surface area (Å²) in [7, 11) is -3.87. The number of halogens is 1. The maximum Gasteiger partial charge on any atom is 0.261 e. The summed E-state index contributed by atoms with van der Waals surface area (Å²) >= 11 is 6.24. The highest BCUT2D eigenvalue weighted by molar-refractivity contribution is 7.92. The maximum atomic E-state index is 13.0. The predicted octanol–water partition coefficient (Wildman–Crippen LogP) is 4.01. The average molecular weight is 437 g/mol. The van der Waals surface area contributed by atoms with E-state index in [0.717, 1.165) is 11.1 Å². The van der Waals surface area contributed by atoms with Crippen LogP contribution in [0.2, 0.25) is 5.02 Å². The van der Waals surface area contributed by atoms with Crippen LogP contribution >= 0.6 is 11.6 Å². The molecule has 1 fully saturated rings. The van der Waals surface area contributed by atoms with Crippen LogP contribution in [0.25, 0.3) is 0 Å². The molecule has 1 N–H and O–H groups in total. The molecule has 0 radical (unpaired) electrons. The van der Waals surface area contributed by atoms with Crippen molar-refractivity contribution in [3.8, 4) is 0 Å². The Morgan fingerprint density at radius 3 is 2.34 bits per heavy atom. The van der Waals surface area contributed by atoms with Gasteiger partial charge in [0, 0.05) is 18.8 Å². The molecule has 156 valence electrons. The number of nitrogens with one attached hydrogen (secondary N) is 1. The molecule has 1 heterocycles. The van der Waals surface area contributed by atoms with Crippen LogP contribution < -0.4 is 4.72 Å². The second kappa shape index (κ2) is 8.34. The number of aryl methyl sites for hydroxylation is 2. The summed E-state index contributed by atoms with van der Waals surface area (Å²) < 4.78 is 34.0. The van der Waals surface area contributed by atoms with Gasteiger partial charge in [-0.25, -0.2) is 8.42 Å². The lowest BCUT2D eigenvalue weighted by molar-refractivity contribution is -0.0586. The van der Waals surface area contributed by atoms with Gasteiger partial charge in [-0.3, -0.25) is 9.52 Å². The third-order valence-corrected chi connectivity index (χ3v) is 6.65. The van der Waals surface area contributed by atoms with E-state index >= 15 is 0 Å². The number of benzene rings is 2. The number of carbonyl (C=O) groups excluding carboxylic acids is 1. The second-order valence-electron chi connectivity index (χ2n) is 7.51. The van der Waals surface area contributed by atoms with E-state index in [0.29, 0.717) is 18.8 Å². The lowest BCUT2D eigenvalue weighted by Crippen LogP contribution is -2.48. The van der Waals surface area contributed by atoms with Crippen LogP contribution in [0, 0.1) is 13.8 Å². The molecule has 0 aromatic heterocycles. The van der Waals surface area contributed by atoms with E-state index < -0.39 is 10.0 Å². The zero-order valence-corrected chi connectivity index (χ0v) is 18.5. The van der Waals surface area contributed by atoms with E-state index in [-0.39, 0.29) is 33.6 Å². The molecule has 8 heteroatoms. The van der Waals surface area contributed by atoms with Crippen LogP contribution in [0.15, 0.2) is 41.3 Å². The fourth-order valence-electron chi connectivity index (χ4n) is 3.37. The molecule has 0 saturated carbocycles. The number of nitrogens with zero attached hydrogens (tertiary/aromatic N) is 1. The van der Waals surface area contributed by atoms with Gasteiger partial charge in [0.25, 0.3) is 15.9 Å². The number of amides is 1. The molecule has 2 atom stereocenters. The Hall–Kier alpha value is -2.09. The highest BCUT2D eigenvalue weighted by Crippen LogP contribution is 2.25. The van der Waals surface area contributed by atoms with E-state index in [9.17, 15) is 13.2 Å². The van der Waals surface area contributed by atoms with Crippen molar-refractivity contribution in [3.63, 3.8) is 0 Å². The molecular formula is C21H25ClN2O4S. The molecule has 0 spiro atoms. The van der Waals surface area contributed by atoms with Gasteiger partial charge in [-0.1, -0.05) is 17.7 Å². The van der Waals surface area contributed by atoms with Crippen LogP contribution in [-0.4, -0.2) is 44.5 Å². The zero-order chi connectivity index (χ0) is 21.3. The van der Waals surface area contributed by atoms with Crippen molar-refractivity contribution in [2.24, 2.45) is 0 Å². The third kappa shape index (κ3) is 4.91. The average Bonchev–Trinajstić information content (AvgIpc) is 2.63. The number of sulfonamides is 1. The van der Waals surface area contributed by atoms with Crippen molar-refractivity contribution < 1.29 is 17.9 Å². The van der Waals surface area contributed by atoms with Crippen LogP contribution in [-0.2, 0) is 14.8 Å². The van der Waals surface area contributed by atoms with Gasteiger partial charge in [0.2, 0.25) is 0 Å². The Balaban J connectivity index is 1.89. The number of carbonyl (C=O) groups is 1. The van der Waals surface area contributed by atoms with Crippen molar-refractivity contribution in [3.05, 3.63) is 58.1 Å². The molecule has 2 aromatic rings. The summed E-state index contributed by atoms with van der Waals surface area (Å²) in [5.74, 6) is -0.305. The van der Waals surface area contributed by atoms with Gasteiger partial charge < -0.3 is 9.64 Å². The number of morpholine rings is 1. The quantitative estimate of drug-likeness (QED) is 0.785. The predicted molar refractivity (Wildman–Crippen MR) is 114 cm³/mol. The monoisotopic (exact) mass is 436 g/mol. The molecule has 6 nitrogen and oxygen atoms in total. The van der Waals surface area contributed by atoms with Crippen molar-refractivity contribution in [2.75, 3.05) is 17.8 Å². The zero-order valence-electron chi connectivity index (χ0n) is 16.9. The van der Waals surface area contributed by atoms with E-state index in [1.165, 1.54) is 18.2 Å². The SMILES string of the molecule is Cc1ccc(NS(=O)(=O)c2ccc(Cl)c(C(=O)N3C[C@@H](C)O[C@H](C)C3)c2)cc1C. The number of ether oxygens (including phenoxy) is 1. The fraction of sp³-hybridized carbons (Fsp3) is 0.381. The summed E-state index contributed by atoms with van der Waals surface area (Å²) in [6.07, 6.45) is -0.195. The Bertz CT molecular complexity index is 1030. The fourth-order valence-corrected chi connectivity index (χ4v) is 4.64. The first kappa shape index (κ1) is 21.6. The first-order valence-electron chi connectivity index (χ1n) is 9.41. The Kier molecular flexibility index (Phi) is 6.22. The van der Waals surface area contributed by atoms with Gasteiger partial charge in [0.1, 0.15) is 0 Å². The Labute approximate surface area is 176 Å². The molecule has 1 aliphatic heterocycles. The van der Waals surface area contributed by atoms with Gasteiger partial charge in [-0.05, 0) is 69.2 Å². The first-order chi connectivity index (χ1) is 13.6. The summed E-state index contributed by atoms with van der Waals surface area (Å²) in [4.78, 5) is 14.6. The standard InChI is InChI=1S/C21H25ClN2O4S/c1-13-5-6-17(9-14(13)2)23-29(26,27)18-7-8-20(22)19(10-18)21(25)24-11-15(3)28-16(4)12-24/h5-10,15-16,23H,11-12H2,1-4H3/t15-,16-/m1/s1. The highest BCUT2D eigenvalue weighted by Gasteiger charge is 2.28. The second-order valence-corrected chi connectivity index (χ2v) is 9.60. The molecule has 3 rings (SSSR count). The van der Waals surface area contributed by atoms with E-state index in [2.05, 4.69) is 4.72 Å². The summed E-state index contributed by atoms with van der Waals surface area (Å²) in [6, 6.07) is 9.50. The molecule has 2 aromatic carbocycles. The lowest BCUT2D eigenvalue weighted by Gasteiger charge is -2.35. The summed E-state index contributed by atoms with van der Waals surface area (Å²) in [5.41, 5.74) is 2.68. The van der Waals surface area contributed by atoms with Gasteiger partial charge in [-0.15, -0.1) is 0 Å². The van der Waals surface area contributed by atoms with Gasteiger partial charge >= 0.3 is 0 Å². The highest BCUT2D eigenvalue weighted by atomic mass is 35.5. The normalized spacial score (nSPS) is 19.8. The van der Waals surface area contributed by atoms with Crippen LogP contribution in [0.3, 0.4) is 0 Å². The third-order valence-electron chi connectivity index (χ3n) is 4.94. The molecule has 1 amide bonds. The molecule has 1 aliphatic rings. The molecule has 0 bridgehead atoms. The molecule has 0 aliphatic carbocycles. The minimum absolute atomic E-state index is 0.0159. The number of hydrogen-bond acceptors (Lipinski definition) is 4. The summed E-state index contributed by atoms with van der Waals surface area (Å²) in [6.45, 7) is 8.52. The molecular weight excluding hydrogens is 412 g/mol. The van der Waals surface area contributed by atoms with Crippen LogP contribution in [0.4, 0.5) is 5.69 Å². The topological polar surface area (TPSA) is 75.7 Å². The molecule has 0 unspecified atom stereocenters. The minimum atomic E-state index is -3.87. The number of hydrogen-bond donors (Lipinski definition) is 1. The molecule has 29 heavy (non-hydrogen) atoms. The minimum Gasteiger partial charge on any atom is -0.372 e. The molecule has 1 saturated heterocycles. The van der Waals surface area contributed by atoms with Crippen molar-refractivity contribution in [2.45, 2.75) is 44.8 Å². The lowest BCUT2D eigenvalue weighted by atomic mass is 10.1. The van der Waals surface area contributed by atoms with Crippen molar-refractivity contribution >= 4 is 33.2 Å². The van der Waals surface area contributed by atoms with Gasteiger partial charge in [-0.2, -0.15) is 0 Å². The van der Waals surface area contributed by atoms with Crippen LogP contribution in [0.1, 0.15) is 35.3 Å². The van der Waals surface area contributed by atoms with Gasteiger partial charge in [0.15, 0.2) is 0 Å². The summed E-state index contributed by atoms with van der Waals surface area (Å²) in [5, 5.41) is 0.215. The largest absolute Gasteiger partial charge is 0.372 e. The Morgan fingerprint density at radius 1 is 1.07 bits per heavy atom. The number of rotatable bonds is 4. The van der Waals surface area contributed by atoms with E-state index in [4.69, 9.17) is 16.3 Å². The van der Waals surface area contributed by atoms with Crippen molar-refractivity contribution in [1.82, 2.24) is 4.90 Å². The van der Waals surface area contributed by atoms with Crippen molar-refractivity contribution in [1.29, 1.82) is 0 Å². The van der Waals surface area contributed by atoms with E-state index in [1.54, 1.807) is 17.0 Å². The first-order valence-corrected chi connectivity index (χ1v) is 11.3. The number of anilines is 1. The van der Waals surface area contributed by atoms with Crippen LogP contribution in [0.5, 0.6) is 0 Å². The van der Waals surface area contributed by atoms with Gasteiger partial charge in [0.05, 0.1) is 27.7 Å². The smallest absolute Gasteiger partial charge is 0.261 e. The maximum absolute atomic E-state index is 13.0. The Morgan fingerprint density at radius 2 is 1.72 bits per heavy atom.